The summed E-state index contributed by atoms with van der Waals surface area (Å²) in [5.74, 6) is 0.0640. The van der Waals surface area contributed by atoms with E-state index in [1.165, 1.54) is 6.33 Å². The van der Waals surface area contributed by atoms with Crippen LogP contribution in [0, 0.1) is 6.92 Å². The Bertz CT molecular complexity index is 759. The van der Waals surface area contributed by atoms with Crippen molar-refractivity contribution in [3.8, 4) is 0 Å². The van der Waals surface area contributed by atoms with Crippen molar-refractivity contribution in [3.63, 3.8) is 0 Å². The minimum atomic E-state index is -0.897. The molecule has 112 valence electrons. The molecule has 0 saturated carbocycles. The fourth-order valence-corrected chi connectivity index (χ4v) is 2.86. The molecule has 0 bridgehead atoms. The first kappa shape index (κ1) is 13.8. The number of likely N-dealkylation sites (tertiary alicyclic amines) is 1. The molecule has 0 aromatic carbocycles. The number of hydrogen-bond acceptors (Lipinski definition) is 5. The predicted molar refractivity (Wildman–Crippen MR) is 75.1 cm³/mol. The van der Waals surface area contributed by atoms with Gasteiger partial charge in [-0.15, -0.1) is 0 Å². The van der Waals surface area contributed by atoms with Crippen molar-refractivity contribution < 1.29 is 14.3 Å². The van der Waals surface area contributed by atoms with E-state index in [1.807, 2.05) is 0 Å². The van der Waals surface area contributed by atoms with Gasteiger partial charge in [0.05, 0.1) is 17.5 Å². The summed E-state index contributed by atoms with van der Waals surface area (Å²) in [5.41, 5.74) is -0.907. The van der Waals surface area contributed by atoms with Gasteiger partial charge in [-0.25, -0.2) is 4.98 Å². The van der Waals surface area contributed by atoms with Crippen LogP contribution in [0.3, 0.4) is 0 Å². The van der Waals surface area contributed by atoms with E-state index in [0.717, 1.165) is 6.42 Å². The fraction of sp³-hybridized carbons (Fsp3) is 0.500. The van der Waals surface area contributed by atoms with E-state index in [0.29, 0.717) is 18.7 Å². The largest absolute Gasteiger partial charge is 0.442 e. The van der Waals surface area contributed by atoms with Crippen LogP contribution >= 0.6 is 0 Å². The lowest BCUT2D eigenvalue weighted by atomic mass is 9.94. The maximum absolute atomic E-state index is 12.7. The van der Waals surface area contributed by atoms with Gasteiger partial charge in [0, 0.05) is 13.1 Å². The molecule has 1 aliphatic rings. The zero-order valence-electron chi connectivity index (χ0n) is 12.0. The molecule has 21 heavy (non-hydrogen) atoms. The number of aromatic amines is 1. The summed E-state index contributed by atoms with van der Waals surface area (Å²) in [6.07, 6.45) is 2.62. The molecule has 1 unspecified atom stereocenters. The van der Waals surface area contributed by atoms with E-state index in [-0.39, 0.29) is 29.1 Å². The van der Waals surface area contributed by atoms with Crippen LogP contribution in [0.4, 0.5) is 0 Å². The molecule has 2 aromatic heterocycles. The van der Waals surface area contributed by atoms with Gasteiger partial charge in [-0.3, -0.25) is 9.59 Å². The van der Waals surface area contributed by atoms with Crippen LogP contribution in [0.25, 0.3) is 11.1 Å². The monoisotopic (exact) mass is 291 g/mol. The van der Waals surface area contributed by atoms with Crippen molar-refractivity contribution in [1.82, 2.24) is 14.9 Å². The molecule has 1 saturated heterocycles. The number of hydrogen-bond donors (Lipinski definition) is 2. The number of amides is 1. The third-order valence-corrected chi connectivity index (χ3v) is 3.85. The lowest BCUT2D eigenvalue weighted by Gasteiger charge is -2.36. The Hall–Kier alpha value is -2.15. The van der Waals surface area contributed by atoms with Gasteiger partial charge in [0.25, 0.3) is 11.5 Å². The van der Waals surface area contributed by atoms with Gasteiger partial charge in [-0.05, 0) is 26.7 Å². The van der Waals surface area contributed by atoms with E-state index in [9.17, 15) is 14.7 Å². The predicted octanol–water partition coefficient (Wildman–Crippen LogP) is 0.812. The van der Waals surface area contributed by atoms with Crippen molar-refractivity contribution in [3.05, 3.63) is 28.0 Å². The van der Waals surface area contributed by atoms with Crippen LogP contribution in [0.5, 0.6) is 0 Å². The zero-order chi connectivity index (χ0) is 15.2. The number of carbonyl (C=O) groups is 1. The lowest BCUT2D eigenvalue weighted by Crippen LogP contribution is -2.48. The number of nitrogens with one attached hydrogen (secondary N) is 1. The SMILES string of the molecule is Cc1oc2nc[nH]c(=O)c2c1C(=O)N1CCCC(C)(O)C1. The number of rotatable bonds is 1. The van der Waals surface area contributed by atoms with Gasteiger partial charge in [-0.2, -0.15) is 0 Å². The summed E-state index contributed by atoms with van der Waals surface area (Å²) in [4.78, 5) is 32.6. The van der Waals surface area contributed by atoms with E-state index >= 15 is 0 Å². The van der Waals surface area contributed by atoms with Gasteiger partial charge in [0.1, 0.15) is 11.1 Å². The third-order valence-electron chi connectivity index (χ3n) is 3.85. The van der Waals surface area contributed by atoms with Crippen molar-refractivity contribution >= 4 is 17.0 Å². The first-order valence-electron chi connectivity index (χ1n) is 6.87. The topological polar surface area (TPSA) is 99.4 Å². The molecule has 1 aliphatic heterocycles. The second kappa shape index (κ2) is 4.70. The van der Waals surface area contributed by atoms with Crippen molar-refractivity contribution in [2.75, 3.05) is 13.1 Å². The Morgan fingerprint density at radius 1 is 1.57 bits per heavy atom. The van der Waals surface area contributed by atoms with Crippen molar-refractivity contribution in [2.24, 2.45) is 0 Å². The standard InChI is InChI=1S/C14H17N3O4/c1-8-9(10-11(18)15-7-16-12(10)21-8)13(19)17-5-3-4-14(2,20)6-17/h7,20H,3-6H2,1-2H3,(H,15,16,18). The lowest BCUT2D eigenvalue weighted by molar-refractivity contribution is -0.0107. The van der Waals surface area contributed by atoms with E-state index in [2.05, 4.69) is 9.97 Å². The molecule has 1 amide bonds. The first-order valence-corrected chi connectivity index (χ1v) is 6.87. The van der Waals surface area contributed by atoms with Crippen LogP contribution < -0.4 is 5.56 Å². The summed E-state index contributed by atoms with van der Waals surface area (Å²) >= 11 is 0. The number of aromatic nitrogens is 2. The van der Waals surface area contributed by atoms with Gasteiger partial charge >= 0.3 is 0 Å². The third kappa shape index (κ3) is 2.33. The van der Waals surface area contributed by atoms with Crippen molar-refractivity contribution in [1.29, 1.82) is 0 Å². The van der Waals surface area contributed by atoms with Gasteiger partial charge in [0.15, 0.2) is 0 Å². The molecule has 3 rings (SSSR count). The number of furan rings is 1. The minimum Gasteiger partial charge on any atom is -0.442 e. The fourth-order valence-electron chi connectivity index (χ4n) is 2.86. The zero-order valence-corrected chi connectivity index (χ0v) is 12.0. The second-order valence-corrected chi connectivity index (χ2v) is 5.77. The molecule has 0 aliphatic carbocycles. The summed E-state index contributed by atoms with van der Waals surface area (Å²) < 4.78 is 5.40. The van der Waals surface area contributed by atoms with E-state index in [4.69, 9.17) is 4.42 Å². The summed E-state index contributed by atoms with van der Waals surface area (Å²) in [5, 5.41) is 10.3. The second-order valence-electron chi connectivity index (χ2n) is 5.77. The Kier molecular flexibility index (Phi) is 3.09. The highest BCUT2D eigenvalue weighted by Gasteiger charge is 2.34. The molecule has 7 heteroatoms. The van der Waals surface area contributed by atoms with Crippen LogP contribution in [0.15, 0.2) is 15.5 Å². The molecule has 2 aromatic rings. The number of aliphatic hydroxyl groups is 1. The normalized spacial score (nSPS) is 22.7. The highest BCUT2D eigenvalue weighted by atomic mass is 16.3. The van der Waals surface area contributed by atoms with Crippen LogP contribution in [0.1, 0.15) is 35.9 Å². The first-order chi connectivity index (χ1) is 9.89. The Labute approximate surface area is 120 Å². The Balaban J connectivity index is 2.06. The van der Waals surface area contributed by atoms with E-state index in [1.54, 1.807) is 18.7 Å². The quantitative estimate of drug-likeness (QED) is 0.810. The molecule has 7 nitrogen and oxygen atoms in total. The van der Waals surface area contributed by atoms with Crippen LogP contribution in [0.2, 0.25) is 0 Å². The summed E-state index contributed by atoms with van der Waals surface area (Å²) in [6, 6.07) is 0. The minimum absolute atomic E-state index is 0.156. The maximum atomic E-state index is 12.7. The highest BCUT2D eigenvalue weighted by Crippen LogP contribution is 2.26. The molecule has 0 radical (unpaired) electrons. The number of H-pyrrole nitrogens is 1. The number of β-amino-alcohol motifs (C(OH)–C–C–N with tert-alkyl or cyclic N) is 1. The Morgan fingerprint density at radius 2 is 2.33 bits per heavy atom. The number of carbonyl (C=O) groups excluding carboxylic acids is 1. The maximum Gasteiger partial charge on any atom is 0.262 e. The average molecular weight is 291 g/mol. The molecule has 3 heterocycles. The Morgan fingerprint density at radius 3 is 3.05 bits per heavy atom. The molecule has 2 N–H and O–H groups in total. The molecule has 1 fully saturated rings. The van der Waals surface area contributed by atoms with E-state index < -0.39 is 11.2 Å². The molecular weight excluding hydrogens is 274 g/mol. The number of nitrogens with zero attached hydrogens (tertiary/aromatic N) is 2. The smallest absolute Gasteiger partial charge is 0.262 e. The number of fused-ring (bicyclic) bond motifs is 1. The van der Waals surface area contributed by atoms with Crippen LogP contribution in [-0.4, -0.2) is 44.6 Å². The average Bonchev–Trinajstić information content (AvgIpc) is 2.74. The highest BCUT2D eigenvalue weighted by molar-refractivity contribution is 6.06. The molecule has 1 atom stereocenters. The molecular formula is C14H17N3O4. The molecule has 0 spiro atoms. The number of aryl methyl sites for hydroxylation is 1. The van der Waals surface area contributed by atoms with Crippen LogP contribution in [-0.2, 0) is 0 Å². The van der Waals surface area contributed by atoms with Gasteiger partial charge in [0.2, 0.25) is 5.71 Å². The van der Waals surface area contributed by atoms with Crippen molar-refractivity contribution in [2.45, 2.75) is 32.3 Å². The van der Waals surface area contributed by atoms with Gasteiger partial charge < -0.3 is 19.4 Å². The summed E-state index contributed by atoms with van der Waals surface area (Å²) in [6.45, 7) is 4.15. The summed E-state index contributed by atoms with van der Waals surface area (Å²) in [7, 11) is 0. The van der Waals surface area contributed by atoms with Gasteiger partial charge in [-0.1, -0.05) is 0 Å². The number of piperidine rings is 1.